The fraction of sp³-hybridized carbons (Fsp3) is 0.417. The van der Waals surface area contributed by atoms with E-state index in [9.17, 15) is 13.6 Å². The highest BCUT2D eigenvalue weighted by Gasteiger charge is 2.22. The van der Waals surface area contributed by atoms with Crippen LogP contribution in [0.25, 0.3) is 0 Å². The lowest BCUT2D eigenvalue weighted by Crippen LogP contribution is -2.14. The first-order chi connectivity index (χ1) is 8.42. The van der Waals surface area contributed by atoms with Crippen LogP contribution in [0, 0.1) is 17.6 Å². The number of benzene rings is 1. The van der Waals surface area contributed by atoms with Crippen molar-refractivity contribution < 1.29 is 28.2 Å². The fourth-order valence-electron chi connectivity index (χ4n) is 1.53. The number of carboxylic acid groups (broad SMARTS) is 1. The number of methoxy groups -OCH3 is 2. The molecule has 0 fully saturated rings. The standard InChI is InChI=1S/C12H14F2O4/c1-6(12(15)16)4-7-5-8(17-2)10(14)11(18-3)9(7)13/h5-6H,4H2,1-3H3,(H,15,16). The van der Waals surface area contributed by atoms with E-state index >= 15 is 0 Å². The molecule has 0 aromatic heterocycles. The molecule has 0 saturated heterocycles. The minimum atomic E-state index is -1.06. The number of hydrogen-bond acceptors (Lipinski definition) is 3. The Bertz CT molecular complexity index is 460. The summed E-state index contributed by atoms with van der Waals surface area (Å²) in [5, 5.41) is 8.78. The molecule has 1 aromatic rings. The van der Waals surface area contributed by atoms with E-state index < -0.39 is 29.3 Å². The molecule has 0 aliphatic rings. The van der Waals surface area contributed by atoms with Crippen molar-refractivity contribution in [2.75, 3.05) is 14.2 Å². The van der Waals surface area contributed by atoms with Crippen LogP contribution >= 0.6 is 0 Å². The lowest BCUT2D eigenvalue weighted by atomic mass is 10.00. The fourth-order valence-corrected chi connectivity index (χ4v) is 1.53. The first kappa shape index (κ1) is 14.2. The number of halogens is 2. The van der Waals surface area contributed by atoms with Crippen molar-refractivity contribution in [1.82, 2.24) is 0 Å². The van der Waals surface area contributed by atoms with Crippen LogP contribution in [0.5, 0.6) is 11.5 Å². The van der Waals surface area contributed by atoms with Crippen molar-refractivity contribution >= 4 is 5.97 Å². The number of ether oxygens (including phenoxy) is 2. The third kappa shape index (κ3) is 2.69. The number of carboxylic acids is 1. The zero-order chi connectivity index (χ0) is 13.9. The molecule has 0 aliphatic heterocycles. The lowest BCUT2D eigenvalue weighted by Gasteiger charge is -2.13. The van der Waals surface area contributed by atoms with Gasteiger partial charge in [-0.1, -0.05) is 6.92 Å². The maximum atomic E-state index is 13.9. The van der Waals surface area contributed by atoms with E-state index in [4.69, 9.17) is 9.84 Å². The van der Waals surface area contributed by atoms with E-state index in [0.29, 0.717) is 0 Å². The second kappa shape index (κ2) is 5.66. The zero-order valence-electron chi connectivity index (χ0n) is 10.3. The smallest absolute Gasteiger partial charge is 0.306 e. The van der Waals surface area contributed by atoms with Crippen LogP contribution in [0.1, 0.15) is 12.5 Å². The van der Waals surface area contributed by atoms with Crippen molar-refractivity contribution in [3.8, 4) is 11.5 Å². The lowest BCUT2D eigenvalue weighted by molar-refractivity contribution is -0.141. The second-order valence-electron chi connectivity index (χ2n) is 3.84. The molecule has 6 heteroatoms. The summed E-state index contributed by atoms with van der Waals surface area (Å²) in [6.07, 6.45) is -0.0752. The predicted molar refractivity (Wildman–Crippen MR) is 60.0 cm³/mol. The molecule has 0 spiro atoms. The first-order valence-electron chi connectivity index (χ1n) is 5.24. The molecular formula is C12H14F2O4. The number of aliphatic carboxylic acids is 1. The van der Waals surface area contributed by atoms with E-state index in [1.165, 1.54) is 14.0 Å². The molecule has 1 N–H and O–H groups in total. The zero-order valence-corrected chi connectivity index (χ0v) is 10.3. The summed E-state index contributed by atoms with van der Waals surface area (Å²) in [6, 6.07) is 1.15. The number of hydrogen-bond donors (Lipinski definition) is 1. The second-order valence-corrected chi connectivity index (χ2v) is 3.84. The van der Waals surface area contributed by atoms with Crippen molar-refractivity contribution in [1.29, 1.82) is 0 Å². The molecule has 18 heavy (non-hydrogen) atoms. The average Bonchev–Trinajstić information content (AvgIpc) is 2.33. The molecule has 0 amide bonds. The Morgan fingerprint density at radius 2 is 1.94 bits per heavy atom. The van der Waals surface area contributed by atoms with Crippen molar-refractivity contribution in [2.24, 2.45) is 5.92 Å². The van der Waals surface area contributed by atoms with Gasteiger partial charge >= 0.3 is 5.97 Å². The molecule has 0 radical (unpaired) electrons. The van der Waals surface area contributed by atoms with E-state index in [0.717, 1.165) is 13.2 Å². The number of carbonyl (C=O) groups is 1. The van der Waals surface area contributed by atoms with Gasteiger partial charge in [0, 0.05) is 0 Å². The van der Waals surface area contributed by atoms with E-state index in [2.05, 4.69) is 4.74 Å². The Balaban J connectivity index is 3.23. The van der Waals surface area contributed by atoms with Crippen molar-refractivity contribution in [3.05, 3.63) is 23.3 Å². The van der Waals surface area contributed by atoms with Crippen LogP contribution in [0.15, 0.2) is 6.07 Å². The highest BCUT2D eigenvalue weighted by Crippen LogP contribution is 2.33. The molecule has 1 aromatic carbocycles. The minimum Gasteiger partial charge on any atom is -0.494 e. The normalized spacial score (nSPS) is 12.1. The van der Waals surface area contributed by atoms with Crippen LogP contribution in [0.4, 0.5) is 8.78 Å². The summed E-state index contributed by atoms with van der Waals surface area (Å²) >= 11 is 0. The van der Waals surface area contributed by atoms with Crippen LogP contribution in [-0.4, -0.2) is 25.3 Å². The maximum Gasteiger partial charge on any atom is 0.306 e. The van der Waals surface area contributed by atoms with Gasteiger partial charge in [-0.25, -0.2) is 4.39 Å². The van der Waals surface area contributed by atoms with Crippen molar-refractivity contribution in [2.45, 2.75) is 13.3 Å². The average molecular weight is 260 g/mol. The molecular weight excluding hydrogens is 246 g/mol. The monoisotopic (exact) mass is 260 g/mol. The van der Waals surface area contributed by atoms with Gasteiger partial charge in [0.2, 0.25) is 5.82 Å². The van der Waals surface area contributed by atoms with Gasteiger partial charge in [0.25, 0.3) is 0 Å². The topological polar surface area (TPSA) is 55.8 Å². The van der Waals surface area contributed by atoms with Gasteiger partial charge in [0.1, 0.15) is 0 Å². The quantitative estimate of drug-likeness (QED) is 0.882. The number of rotatable bonds is 5. The van der Waals surface area contributed by atoms with Gasteiger partial charge in [-0.15, -0.1) is 0 Å². The molecule has 1 atom stereocenters. The van der Waals surface area contributed by atoms with E-state index in [1.807, 2.05) is 0 Å². The summed E-state index contributed by atoms with van der Waals surface area (Å²) in [5.74, 6) is -4.44. The molecule has 0 aliphatic carbocycles. The summed E-state index contributed by atoms with van der Waals surface area (Å²) in [4.78, 5) is 10.7. The van der Waals surface area contributed by atoms with Gasteiger partial charge in [0.05, 0.1) is 20.1 Å². The Kier molecular flexibility index (Phi) is 4.47. The van der Waals surface area contributed by atoms with E-state index in [-0.39, 0.29) is 17.7 Å². The van der Waals surface area contributed by atoms with Crippen LogP contribution in [0.3, 0.4) is 0 Å². The van der Waals surface area contributed by atoms with Gasteiger partial charge in [0.15, 0.2) is 17.3 Å². The Morgan fingerprint density at radius 3 is 2.39 bits per heavy atom. The minimum absolute atomic E-state index is 0.0417. The molecule has 4 nitrogen and oxygen atoms in total. The highest BCUT2D eigenvalue weighted by molar-refractivity contribution is 5.70. The molecule has 100 valence electrons. The van der Waals surface area contributed by atoms with E-state index in [1.54, 1.807) is 0 Å². The third-order valence-electron chi connectivity index (χ3n) is 2.57. The Hall–Kier alpha value is -1.85. The SMILES string of the molecule is COc1cc(CC(C)C(=O)O)c(F)c(OC)c1F. The van der Waals surface area contributed by atoms with Crippen LogP contribution in [-0.2, 0) is 11.2 Å². The Labute approximate surface area is 103 Å². The highest BCUT2D eigenvalue weighted by atomic mass is 19.1. The van der Waals surface area contributed by atoms with Gasteiger partial charge in [-0.3, -0.25) is 4.79 Å². The third-order valence-corrected chi connectivity index (χ3v) is 2.57. The van der Waals surface area contributed by atoms with Gasteiger partial charge in [-0.2, -0.15) is 4.39 Å². The summed E-state index contributed by atoms with van der Waals surface area (Å²) in [5.41, 5.74) is 0.0417. The van der Waals surface area contributed by atoms with Gasteiger partial charge in [-0.05, 0) is 18.1 Å². The van der Waals surface area contributed by atoms with Crippen molar-refractivity contribution in [3.63, 3.8) is 0 Å². The summed E-state index contributed by atoms with van der Waals surface area (Å²) < 4.78 is 36.8. The molecule has 0 saturated carbocycles. The Morgan fingerprint density at radius 1 is 1.33 bits per heavy atom. The first-order valence-corrected chi connectivity index (χ1v) is 5.24. The summed E-state index contributed by atoms with van der Waals surface area (Å²) in [7, 11) is 2.37. The predicted octanol–water partition coefficient (Wildman–Crippen LogP) is 2.25. The maximum absolute atomic E-state index is 13.9. The van der Waals surface area contributed by atoms with Crippen LogP contribution < -0.4 is 9.47 Å². The largest absolute Gasteiger partial charge is 0.494 e. The molecule has 1 unspecified atom stereocenters. The summed E-state index contributed by atoms with van der Waals surface area (Å²) in [6.45, 7) is 1.43. The molecule has 0 heterocycles. The van der Waals surface area contributed by atoms with Gasteiger partial charge < -0.3 is 14.6 Å². The molecule has 1 rings (SSSR count). The molecule has 0 bridgehead atoms. The van der Waals surface area contributed by atoms with Crippen LogP contribution in [0.2, 0.25) is 0 Å².